The molecule has 1 heterocycles. The number of halogens is 3. The first-order valence-electron chi connectivity index (χ1n) is 5.88. The summed E-state index contributed by atoms with van der Waals surface area (Å²) in [5.74, 6) is -1.99. The normalized spacial score (nSPS) is 21.3. The average molecular weight is 307 g/mol. The molecular formula is C12H12F3NO3S. The number of likely N-dealkylation sites (tertiary alicyclic amines) is 1. The van der Waals surface area contributed by atoms with Crippen LogP contribution in [0.25, 0.3) is 0 Å². The summed E-state index contributed by atoms with van der Waals surface area (Å²) in [5, 5.41) is -1.45. The van der Waals surface area contributed by atoms with Gasteiger partial charge >= 0.3 is 10.2 Å². The van der Waals surface area contributed by atoms with Gasteiger partial charge in [-0.2, -0.15) is 8.42 Å². The van der Waals surface area contributed by atoms with Crippen LogP contribution in [0.3, 0.4) is 0 Å². The Hall–Kier alpha value is -1.57. The van der Waals surface area contributed by atoms with Crippen molar-refractivity contribution in [3.8, 4) is 0 Å². The highest BCUT2D eigenvalue weighted by molar-refractivity contribution is 7.87. The molecule has 1 aliphatic rings. The Morgan fingerprint density at radius 3 is 2.55 bits per heavy atom. The topological polar surface area (TPSA) is 54.5 Å². The van der Waals surface area contributed by atoms with Crippen molar-refractivity contribution in [2.24, 2.45) is 0 Å². The van der Waals surface area contributed by atoms with Crippen LogP contribution in [0.1, 0.15) is 24.9 Å². The molecule has 0 radical (unpaired) electrons. The van der Waals surface area contributed by atoms with Crippen molar-refractivity contribution in [2.45, 2.75) is 24.6 Å². The maximum absolute atomic E-state index is 13.6. The van der Waals surface area contributed by atoms with Gasteiger partial charge in [0.25, 0.3) is 0 Å². The molecule has 4 nitrogen and oxygen atoms in total. The molecule has 0 aliphatic carbocycles. The largest absolute Gasteiger partial charge is 0.334 e. The van der Waals surface area contributed by atoms with Crippen LogP contribution in [-0.2, 0) is 15.0 Å². The molecule has 1 saturated heterocycles. The number of amides is 1. The molecular weight excluding hydrogens is 295 g/mol. The lowest BCUT2D eigenvalue weighted by atomic mass is 10.1. The summed E-state index contributed by atoms with van der Waals surface area (Å²) >= 11 is 0. The molecule has 8 heteroatoms. The number of nitrogens with zero attached hydrogens (tertiary/aromatic N) is 1. The summed E-state index contributed by atoms with van der Waals surface area (Å²) < 4.78 is 61.3. The van der Waals surface area contributed by atoms with Gasteiger partial charge in [0, 0.05) is 18.5 Å². The predicted molar refractivity (Wildman–Crippen MR) is 64.9 cm³/mol. The van der Waals surface area contributed by atoms with Crippen LogP contribution in [0.4, 0.5) is 12.7 Å². The molecule has 2 atom stereocenters. The first kappa shape index (κ1) is 14.8. The maximum Gasteiger partial charge on any atom is 0.307 e. The van der Waals surface area contributed by atoms with Gasteiger partial charge in [0.15, 0.2) is 0 Å². The Balaban J connectivity index is 2.28. The molecule has 0 saturated carbocycles. The van der Waals surface area contributed by atoms with Gasteiger partial charge in [-0.15, -0.1) is 3.89 Å². The van der Waals surface area contributed by atoms with Crippen LogP contribution in [-0.4, -0.2) is 31.0 Å². The van der Waals surface area contributed by atoms with E-state index in [1.165, 1.54) is 6.92 Å². The van der Waals surface area contributed by atoms with E-state index in [4.69, 9.17) is 0 Å². The van der Waals surface area contributed by atoms with E-state index in [1.807, 2.05) is 0 Å². The van der Waals surface area contributed by atoms with Crippen LogP contribution in [0, 0.1) is 11.6 Å². The summed E-state index contributed by atoms with van der Waals surface area (Å²) in [6.07, 6.45) is -0.486. The van der Waals surface area contributed by atoms with Crippen LogP contribution >= 0.6 is 0 Å². The van der Waals surface area contributed by atoms with E-state index in [2.05, 4.69) is 0 Å². The van der Waals surface area contributed by atoms with Crippen molar-refractivity contribution >= 4 is 16.1 Å². The number of carbonyl (C=O) groups is 1. The molecule has 2 rings (SSSR count). The molecule has 110 valence electrons. The van der Waals surface area contributed by atoms with Gasteiger partial charge in [0.05, 0.1) is 6.04 Å². The molecule has 1 fully saturated rings. The van der Waals surface area contributed by atoms with Crippen LogP contribution in [0.5, 0.6) is 0 Å². The van der Waals surface area contributed by atoms with Crippen LogP contribution in [0.2, 0.25) is 0 Å². The van der Waals surface area contributed by atoms with E-state index in [9.17, 15) is 25.9 Å². The van der Waals surface area contributed by atoms with Crippen molar-refractivity contribution in [3.05, 3.63) is 35.4 Å². The van der Waals surface area contributed by atoms with Gasteiger partial charge in [-0.1, -0.05) is 0 Å². The Labute approximate surface area is 114 Å². The molecule has 0 bridgehead atoms. The van der Waals surface area contributed by atoms with Gasteiger partial charge < -0.3 is 4.90 Å². The van der Waals surface area contributed by atoms with Crippen molar-refractivity contribution in [1.82, 2.24) is 4.90 Å². The van der Waals surface area contributed by atoms with E-state index in [0.29, 0.717) is 0 Å². The van der Waals surface area contributed by atoms with Crippen LogP contribution < -0.4 is 0 Å². The molecule has 1 aromatic rings. The predicted octanol–water partition coefficient (Wildman–Crippen LogP) is 1.93. The van der Waals surface area contributed by atoms with E-state index < -0.39 is 45.5 Å². The Morgan fingerprint density at radius 2 is 2.00 bits per heavy atom. The van der Waals surface area contributed by atoms with Gasteiger partial charge in [0.2, 0.25) is 5.91 Å². The minimum Gasteiger partial charge on any atom is -0.334 e. The Morgan fingerprint density at radius 1 is 1.35 bits per heavy atom. The molecule has 1 aromatic carbocycles. The second-order valence-electron chi connectivity index (χ2n) is 4.69. The number of carbonyl (C=O) groups excluding carboxylic acids is 1. The molecule has 0 aromatic heterocycles. The maximum atomic E-state index is 13.6. The van der Waals surface area contributed by atoms with Crippen molar-refractivity contribution in [2.75, 3.05) is 6.54 Å². The summed E-state index contributed by atoms with van der Waals surface area (Å²) in [6, 6.07) is 1.92. The quantitative estimate of drug-likeness (QED) is 0.802. The summed E-state index contributed by atoms with van der Waals surface area (Å²) in [4.78, 5) is 12.8. The third kappa shape index (κ3) is 2.79. The fourth-order valence-electron chi connectivity index (χ4n) is 2.26. The molecule has 2 unspecified atom stereocenters. The van der Waals surface area contributed by atoms with E-state index in [-0.39, 0.29) is 12.1 Å². The number of hydrogen-bond acceptors (Lipinski definition) is 3. The number of rotatable bonds is 3. The monoisotopic (exact) mass is 307 g/mol. The molecule has 1 aliphatic heterocycles. The number of hydrogen-bond donors (Lipinski definition) is 0. The Bertz CT molecular complexity index is 647. The molecule has 1 amide bonds. The van der Waals surface area contributed by atoms with E-state index >= 15 is 0 Å². The fraction of sp³-hybridized carbons (Fsp3) is 0.417. The lowest BCUT2D eigenvalue weighted by Gasteiger charge is -2.25. The summed E-state index contributed by atoms with van der Waals surface area (Å²) in [7, 11) is -4.83. The van der Waals surface area contributed by atoms with Crippen molar-refractivity contribution in [3.63, 3.8) is 0 Å². The first-order chi connectivity index (χ1) is 9.20. The highest BCUT2D eigenvalue weighted by atomic mass is 32.3. The zero-order chi connectivity index (χ0) is 15.1. The molecule has 0 spiro atoms. The minimum atomic E-state index is -4.83. The van der Waals surface area contributed by atoms with Gasteiger partial charge in [-0.3, -0.25) is 4.79 Å². The summed E-state index contributed by atoms with van der Waals surface area (Å²) in [6.45, 7) is 1.07. The zero-order valence-corrected chi connectivity index (χ0v) is 11.3. The van der Waals surface area contributed by atoms with Crippen molar-refractivity contribution in [1.29, 1.82) is 0 Å². The highest BCUT2D eigenvalue weighted by Crippen LogP contribution is 2.30. The second-order valence-corrected chi connectivity index (χ2v) is 6.31. The standard InChI is InChI=1S/C12H12F3NO3S/c1-7(10-4-8(13)2-3-11(10)14)16-6-9(5-12(16)17)20(15,18)19/h2-4,7,9H,5-6H2,1H3. The lowest BCUT2D eigenvalue weighted by molar-refractivity contribution is -0.129. The number of benzene rings is 1. The third-order valence-electron chi connectivity index (χ3n) is 3.40. The second kappa shape index (κ2) is 5.08. The fourth-order valence-corrected chi connectivity index (χ4v) is 2.94. The summed E-state index contributed by atoms with van der Waals surface area (Å²) in [5.41, 5.74) is -0.0738. The molecule has 20 heavy (non-hydrogen) atoms. The van der Waals surface area contributed by atoms with E-state index in [1.54, 1.807) is 0 Å². The Kier molecular flexibility index (Phi) is 3.77. The first-order valence-corrected chi connectivity index (χ1v) is 7.32. The lowest BCUT2D eigenvalue weighted by Crippen LogP contribution is -2.30. The van der Waals surface area contributed by atoms with Gasteiger partial charge in [-0.05, 0) is 25.1 Å². The highest BCUT2D eigenvalue weighted by Gasteiger charge is 2.40. The van der Waals surface area contributed by atoms with Gasteiger partial charge in [0.1, 0.15) is 16.9 Å². The minimum absolute atomic E-state index is 0.0738. The molecule has 0 N–H and O–H groups in total. The SMILES string of the molecule is CC(c1cc(F)ccc1F)N1CC(S(=O)(=O)F)CC1=O. The van der Waals surface area contributed by atoms with Crippen molar-refractivity contribution < 1.29 is 25.9 Å². The van der Waals surface area contributed by atoms with E-state index in [0.717, 1.165) is 23.1 Å². The third-order valence-corrected chi connectivity index (χ3v) is 4.51. The van der Waals surface area contributed by atoms with Gasteiger partial charge in [-0.25, -0.2) is 8.78 Å². The smallest absolute Gasteiger partial charge is 0.307 e. The van der Waals surface area contributed by atoms with Crippen LogP contribution in [0.15, 0.2) is 18.2 Å². The zero-order valence-electron chi connectivity index (χ0n) is 10.5. The average Bonchev–Trinajstić information content (AvgIpc) is 2.73.